The van der Waals surface area contributed by atoms with Crippen molar-refractivity contribution in [2.75, 3.05) is 19.8 Å². The van der Waals surface area contributed by atoms with Gasteiger partial charge < -0.3 is 18.9 Å². The Balaban J connectivity index is 1.05. The number of likely N-dealkylation sites (tertiary alicyclic amines) is 2. The molecule has 1 aliphatic carbocycles. The molecule has 2 aliphatic heterocycles. The fraction of sp³-hybridized carbons (Fsp3) is 0.553. The van der Waals surface area contributed by atoms with E-state index in [1.54, 1.807) is 58.9 Å². The summed E-state index contributed by atoms with van der Waals surface area (Å²) in [4.78, 5) is 67.7. The number of rotatable bonds is 8. The summed E-state index contributed by atoms with van der Waals surface area (Å²) in [7, 11) is 0. The number of fused-ring (bicyclic) bond motifs is 5. The maximum absolute atomic E-state index is 13.2. The lowest BCUT2D eigenvalue weighted by Crippen LogP contribution is -2.51. The van der Waals surface area contributed by atoms with Gasteiger partial charge in [0.05, 0.1) is 6.61 Å². The molecule has 0 radical (unpaired) electrons. The topological polar surface area (TPSA) is 129 Å². The highest BCUT2D eigenvalue weighted by Crippen LogP contribution is 2.43. The lowest BCUT2D eigenvalue weighted by Gasteiger charge is -2.35. The first kappa shape index (κ1) is 35.6. The van der Waals surface area contributed by atoms with Crippen molar-refractivity contribution in [2.24, 2.45) is 5.92 Å². The predicted molar refractivity (Wildman–Crippen MR) is 188 cm³/mol. The van der Waals surface area contributed by atoms with Crippen molar-refractivity contribution in [2.45, 2.75) is 109 Å². The number of esters is 2. The maximum atomic E-state index is 13.2. The van der Waals surface area contributed by atoms with Crippen LogP contribution in [0.5, 0.6) is 0 Å². The second-order valence-electron chi connectivity index (χ2n) is 15.5. The predicted octanol–water partition coefficient (Wildman–Crippen LogP) is 7.05. The molecule has 0 spiro atoms. The van der Waals surface area contributed by atoms with E-state index in [1.165, 1.54) is 9.80 Å². The summed E-state index contributed by atoms with van der Waals surface area (Å²) in [5, 5.41) is 2.06. The van der Waals surface area contributed by atoms with Crippen molar-refractivity contribution in [3.8, 4) is 0 Å². The van der Waals surface area contributed by atoms with E-state index in [0.29, 0.717) is 24.9 Å². The second-order valence-corrected chi connectivity index (χ2v) is 16.6. The number of carbonyl (C=O) groups is 5. The first-order valence-corrected chi connectivity index (χ1v) is 18.2. The van der Waals surface area contributed by atoms with E-state index < -0.39 is 54.0 Å². The molecule has 3 aliphatic rings. The van der Waals surface area contributed by atoms with Gasteiger partial charge in [0.1, 0.15) is 23.3 Å². The van der Waals surface area contributed by atoms with E-state index >= 15 is 0 Å². The van der Waals surface area contributed by atoms with Gasteiger partial charge >= 0.3 is 24.1 Å². The minimum Gasteiger partial charge on any atom is -0.464 e. The minimum atomic E-state index is -0.742. The molecule has 6 rings (SSSR count). The largest absolute Gasteiger partial charge is 0.464 e. The third kappa shape index (κ3) is 7.75. The molecule has 2 saturated heterocycles. The Morgan fingerprint density at radius 3 is 2.20 bits per heavy atom. The van der Waals surface area contributed by atoms with Crippen LogP contribution in [0.15, 0.2) is 36.4 Å². The van der Waals surface area contributed by atoms with Crippen molar-refractivity contribution in [3.05, 3.63) is 47.5 Å². The van der Waals surface area contributed by atoms with Gasteiger partial charge in [0.25, 0.3) is 0 Å². The number of amides is 2. The SMILES string of the molecule is CC(C)(C)OC(=O)N1CCCC1C(=O)OCCc1ccc2c(c1)sc1cc(C(=O)COC(=O)C3C4CCC(C4)N3C(=O)OC(C)(C)C)ccc12. The lowest BCUT2D eigenvalue weighted by molar-refractivity contribution is -0.150. The Morgan fingerprint density at radius 2 is 1.48 bits per heavy atom. The van der Waals surface area contributed by atoms with Crippen LogP contribution >= 0.6 is 11.3 Å². The molecule has 12 heteroatoms. The van der Waals surface area contributed by atoms with Crippen molar-refractivity contribution in [1.29, 1.82) is 0 Å². The van der Waals surface area contributed by atoms with Crippen LogP contribution in [0.3, 0.4) is 0 Å². The minimum absolute atomic E-state index is 0.00350. The summed E-state index contributed by atoms with van der Waals surface area (Å²) in [6.07, 6.45) is 3.15. The Kier molecular flexibility index (Phi) is 9.87. The highest BCUT2D eigenvalue weighted by atomic mass is 32.1. The number of Topliss-reactive ketones (excluding diaryl/α,β-unsaturated/α-hetero) is 1. The van der Waals surface area contributed by atoms with Crippen LogP contribution in [-0.2, 0) is 35.0 Å². The summed E-state index contributed by atoms with van der Waals surface area (Å²) in [6, 6.07) is 10.1. The fourth-order valence-electron chi connectivity index (χ4n) is 7.24. The molecule has 1 saturated carbocycles. The third-order valence-electron chi connectivity index (χ3n) is 9.42. The Labute approximate surface area is 296 Å². The van der Waals surface area contributed by atoms with Crippen LogP contribution in [0.1, 0.15) is 89.6 Å². The highest BCUT2D eigenvalue weighted by Gasteiger charge is 2.53. The smallest absolute Gasteiger partial charge is 0.411 e. The van der Waals surface area contributed by atoms with Crippen LogP contribution in [-0.4, -0.2) is 88.8 Å². The quantitative estimate of drug-likeness (QED) is 0.137. The normalized spacial score (nSPS) is 21.9. The Bertz CT molecular complexity index is 1820. The van der Waals surface area contributed by atoms with Crippen LogP contribution in [0.2, 0.25) is 0 Å². The molecule has 268 valence electrons. The summed E-state index contributed by atoms with van der Waals surface area (Å²) < 4.78 is 24.1. The molecule has 1 aromatic heterocycles. The average molecular weight is 707 g/mol. The average Bonchev–Trinajstić information content (AvgIpc) is 3.84. The molecule has 3 aromatic rings. The molecular formula is C38H46N2O9S. The van der Waals surface area contributed by atoms with Crippen molar-refractivity contribution >= 4 is 61.4 Å². The number of carbonyl (C=O) groups excluding carboxylic acids is 5. The molecule has 2 bridgehead atoms. The number of piperidine rings is 1. The molecule has 4 atom stereocenters. The third-order valence-corrected chi connectivity index (χ3v) is 10.5. The first-order chi connectivity index (χ1) is 23.6. The van der Waals surface area contributed by atoms with Crippen LogP contribution in [0, 0.1) is 5.92 Å². The number of nitrogens with zero attached hydrogens (tertiary/aromatic N) is 2. The van der Waals surface area contributed by atoms with Crippen LogP contribution in [0.4, 0.5) is 9.59 Å². The van der Waals surface area contributed by atoms with E-state index in [1.807, 2.05) is 24.3 Å². The van der Waals surface area contributed by atoms with Gasteiger partial charge in [0.2, 0.25) is 0 Å². The van der Waals surface area contributed by atoms with E-state index in [-0.39, 0.29) is 24.3 Å². The molecular weight excluding hydrogens is 660 g/mol. The van der Waals surface area contributed by atoms with E-state index in [2.05, 4.69) is 6.07 Å². The number of ether oxygens (including phenoxy) is 4. The van der Waals surface area contributed by atoms with Gasteiger partial charge in [0.15, 0.2) is 12.4 Å². The van der Waals surface area contributed by atoms with Crippen molar-refractivity contribution < 1.29 is 42.9 Å². The summed E-state index contributed by atoms with van der Waals surface area (Å²) >= 11 is 1.55. The number of hydrogen-bond donors (Lipinski definition) is 0. The molecule has 0 N–H and O–H groups in total. The van der Waals surface area contributed by atoms with Gasteiger partial charge in [-0.1, -0.05) is 24.3 Å². The van der Waals surface area contributed by atoms with Gasteiger partial charge in [0, 0.05) is 44.7 Å². The second kappa shape index (κ2) is 13.8. The summed E-state index contributed by atoms with van der Waals surface area (Å²) in [5.41, 5.74) is 0.104. The molecule has 11 nitrogen and oxygen atoms in total. The number of thiophene rings is 1. The number of ketones is 1. The fourth-order valence-corrected chi connectivity index (χ4v) is 8.45. The zero-order valence-corrected chi connectivity index (χ0v) is 30.4. The zero-order chi connectivity index (χ0) is 36.0. The Hall–Kier alpha value is -4.19. The zero-order valence-electron chi connectivity index (χ0n) is 29.6. The van der Waals surface area contributed by atoms with Crippen LogP contribution < -0.4 is 0 Å². The van der Waals surface area contributed by atoms with Gasteiger partial charge in [-0.25, -0.2) is 19.2 Å². The molecule has 3 fully saturated rings. The standard InChI is InChI=1S/C38H46N2O9S/c1-37(2,3)48-35(44)39-16-7-8-28(39)33(42)46-17-15-22-9-13-26-27-14-11-23(20-31(27)50-30(26)18-22)29(41)21-47-34(43)32-24-10-12-25(19-24)40(32)36(45)49-38(4,5)6/h9,11,13-14,18,20,24-25,28,32H,7-8,10,12,15-17,19,21H2,1-6H3. The van der Waals surface area contributed by atoms with Crippen molar-refractivity contribution in [1.82, 2.24) is 9.80 Å². The molecule has 50 heavy (non-hydrogen) atoms. The molecule has 2 aromatic carbocycles. The van der Waals surface area contributed by atoms with E-state index in [4.69, 9.17) is 18.9 Å². The first-order valence-electron chi connectivity index (χ1n) is 17.4. The summed E-state index contributed by atoms with van der Waals surface area (Å²) in [6.45, 7) is 11.0. The molecule has 4 unspecified atom stereocenters. The van der Waals surface area contributed by atoms with Gasteiger partial charge in [-0.15, -0.1) is 11.3 Å². The van der Waals surface area contributed by atoms with E-state index in [9.17, 15) is 24.0 Å². The molecule has 2 amide bonds. The molecule has 3 heterocycles. The van der Waals surface area contributed by atoms with Gasteiger partial charge in [-0.2, -0.15) is 0 Å². The van der Waals surface area contributed by atoms with Gasteiger partial charge in [-0.05, 0) is 97.3 Å². The van der Waals surface area contributed by atoms with Crippen molar-refractivity contribution in [3.63, 3.8) is 0 Å². The van der Waals surface area contributed by atoms with E-state index in [0.717, 1.165) is 51.4 Å². The lowest BCUT2D eigenvalue weighted by atomic mass is 9.99. The number of benzene rings is 2. The van der Waals surface area contributed by atoms with Crippen LogP contribution in [0.25, 0.3) is 20.2 Å². The highest BCUT2D eigenvalue weighted by molar-refractivity contribution is 7.25. The summed E-state index contributed by atoms with van der Waals surface area (Å²) in [5.74, 6) is -1.31. The maximum Gasteiger partial charge on any atom is 0.411 e. The monoisotopic (exact) mass is 706 g/mol. The van der Waals surface area contributed by atoms with Gasteiger partial charge in [-0.3, -0.25) is 14.6 Å². The number of hydrogen-bond acceptors (Lipinski definition) is 10. The Morgan fingerprint density at radius 1 is 0.800 bits per heavy atom.